The minimum absolute atomic E-state index is 0.0667. The minimum atomic E-state index is -5.82. The zero-order chi connectivity index (χ0) is 13.3. The van der Waals surface area contributed by atoms with Crippen LogP contribution >= 0.6 is 11.6 Å². The molecule has 0 saturated heterocycles. The van der Waals surface area contributed by atoms with Gasteiger partial charge in [0.25, 0.3) is 0 Å². The zero-order valence-electron chi connectivity index (χ0n) is 7.86. The van der Waals surface area contributed by atoms with Gasteiger partial charge in [-0.05, 0) is 12.1 Å². The van der Waals surface area contributed by atoms with Gasteiger partial charge in [0.05, 0.1) is 5.56 Å². The molecule has 1 rings (SSSR count). The average Bonchev–Trinajstić information content (AvgIpc) is 2.15. The Morgan fingerprint density at radius 2 is 1.88 bits per heavy atom. The van der Waals surface area contributed by atoms with Crippen LogP contribution in [0.15, 0.2) is 18.2 Å². The van der Waals surface area contributed by atoms with Crippen molar-refractivity contribution in [3.05, 3.63) is 28.8 Å². The zero-order valence-corrected chi connectivity index (χ0v) is 9.43. The molecule has 0 aliphatic heterocycles. The molecule has 0 unspecified atom stereocenters. The van der Waals surface area contributed by atoms with Gasteiger partial charge in [0.1, 0.15) is 0 Å². The van der Waals surface area contributed by atoms with E-state index in [0.29, 0.717) is 0 Å². The molecule has 4 nitrogen and oxygen atoms in total. The first-order valence-corrected chi connectivity index (χ1v) is 5.71. The van der Waals surface area contributed by atoms with Gasteiger partial charge in [-0.25, -0.2) is 0 Å². The summed E-state index contributed by atoms with van der Waals surface area (Å²) in [5, 5.41) is -0.0667. The standard InChI is InChI=1S/C8H4ClF3O4S/c9-6-2-1-5(4-13)7(3-6)16-17(14,15)8(10,11)12/h1-4H. The number of rotatable bonds is 3. The van der Waals surface area contributed by atoms with Crippen LogP contribution in [0.2, 0.25) is 5.02 Å². The van der Waals surface area contributed by atoms with Crippen molar-refractivity contribution in [1.29, 1.82) is 0 Å². The smallest absolute Gasteiger partial charge is 0.375 e. The fourth-order valence-electron chi connectivity index (χ4n) is 0.843. The summed E-state index contributed by atoms with van der Waals surface area (Å²) in [6, 6.07) is 3.05. The highest BCUT2D eigenvalue weighted by atomic mass is 35.5. The van der Waals surface area contributed by atoms with E-state index in [0.717, 1.165) is 12.1 Å². The van der Waals surface area contributed by atoms with Crippen molar-refractivity contribution in [1.82, 2.24) is 0 Å². The van der Waals surface area contributed by atoms with Crippen LogP contribution in [0, 0.1) is 0 Å². The van der Waals surface area contributed by atoms with Crippen molar-refractivity contribution in [2.45, 2.75) is 5.51 Å². The molecule has 9 heteroatoms. The van der Waals surface area contributed by atoms with Gasteiger partial charge >= 0.3 is 15.6 Å². The molecule has 0 aliphatic rings. The number of halogens is 4. The Bertz CT molecular complexity index is 538. The van der Waals surface area contributed by atoms with Gasteiger partial charge in [0.2, 0.25) is 0 Å². The lowest BCUT2D eigenvalue weighted by Gasteiger charge is -2.10. The second-order valence-electron chi connectivity index (χ2n) is 2.78. The fourth-order valence-corrected chi connectivity index (χ4v) is 1.48. The second kappa shape index (κ2) is 4.53. The summed E-state index contributed by atoms with van der Waals surface area (Å²) < 4.78 is 61.3. The van der Waals surface area contributed by atoms with Gasteiger partial charge in [-0.15, -0.1) is 0 Å². The Kier molecular flexibility index (Phi) is 3.68. The second-order valence-corrected chi connectivity index (χ2v) is 4.76. The van der Waals surface area contributed by atoms with Crippen molar-refractivity contribution in [2.24, 2.45) is 0 Å². The molecule has 0 fully saturated rings. The molecule has 0 amide bonds. The largest absolute Gasteiger partial charge is 0.534 e. The van der Waals surface area contributed by atoms with E-state index in [4.69, 9.17) is 11.6 Å². The normalized spacial score (nSPS) is 12.2. The number of aldehydes is 1. The van der Waals surface area contributed by atoms with Crippen molar-refractivity contribution < 1.29 is 30.6 Å². The summed E-state index contributed by atoms with van der Waals surface area (Å²) in [6.07, 6.45) is 0.150. The molecule has 0 N–H and O–H groups in total. The molecule has 0 heterocycles. The molecule has 17 heavy (non-hydrogen) atoms. The quantitative estimate of drug-likeness (QED) is 0.487. The summed E-state index contributed by atoms with van der Waals surface area (Å²) in [5.41, 5.74) is -5.93. The predicted molar refractivity (Wildman–Crippen MR) is 52.4 cm³/mol. The molecule has 0 bridgehead atoms. The number of alkyl halides is 3. The maximum absolute atomic E-state index is 12.0. The molecular formula is C8H4ClF3O4S. The van der Waals surface area contributed by atoms with Crippen LogP contribution in [-0.4, -0.2) is 20.2 Å². The Morgan fingerprint density at radius 1 is 1.29 bits per heavy atom. The Hall–Kier alpha value is -1.28. The van der Waals surface area contributed by atoms with Crippen LogP contribution < -0.4 is 4.18 Å². The third-order valence-electron chi connectivity index (χ3n) is 1.59. The van der Waals surface area contributed by atoms with Gasteiger partial charge < -0.3 is 4.18 Å². The molecular weight excluding hydrogens is 285 g/mol. The highest BCUT2D eigenvalue weighted by Crippen LogP contribution is 2.29. The maximum Gasteiger partial charge on any atom is 0.534 e. The van der Waals surface area contributed by atoms with E-state index in [2.05, 4.69) is 4.18 Å². The lowest BCUT2D eigenvalue weighted by molar-refractivity contribution is -0.0500. The average molecular weight is 289 g/mol. The topological polar surface area (TPSA) is 60.4 Å². The Morgan fingerprint density at radius 3 is 2.35 bits per heavy atom. The number of carbonyl (C=O) groups excluding carboxylic acids is 1. The lowest BCUT2D eigenvalue weighted by atomic mass is 10.2. The van der Waals surface area contributed by atoms with Crippen molar-refractivity contribution in [3.8, 4) is 5.75 Å². The molecule has 0 spiro atoms. The first kappa shape index (κ1) is 13.8. The summed E-state index contributed by atoms with van der Waals surface area (Å²) in [5.74, 6) is -0.773. The van der Waals surface area contributed by atoms with E-state index in [-0.39, 0.29) is 16.9 Å². The van der Waals surface area contributed by atoms with Gasteiger partial charge in [0.15, 0.2) is 12.0 Å². The summed E-state index contributed by atoms with van der Waals surface area (Å²) in [6.45, 7) is 0. The van der Waals surface area contributed by atoms with E-state index in [1.54, 1.807) is 0 Å². The van der Waals surface area contributed by atoms with E-state index in [1.165, 1.54) is 6.07 Å². The van der Waals surface area contributed by atoms with E-state index >= 15 is 0 Å². The monoisotopic (exact) mass is 288 g/mol. The molecule has 94 valence electrons. The van der Waals surface area contributed by atoms with E-state index in [9.17, 15) is 26.4 Å². The SMILES string of the molecule is O=Cc1ccc(Cl)cc1OS(=O)(=O)C(F)(F)F. The third-order valence-corrected chi connectivity index (χ3v) is 2.79. The first-order chi connectivity index (χ1) is 7.67. The molecule has 0 radical (unpaired) electrons. The highest BCUT2D eigenvalue weighted by Gasteiger charge is 2.48. The van der Waals surface area contributed by atoms with Gasteiger partial charge in [-0.1, -0.05) is 11.6 Å². The molecule has 1 aromatic rings. The molecule has 0 aromatic heterocycles. The Labute approximate surface area is 99.1 Å². The first-order valence-electron chi connectivity index (χ1n) is 3.93. The fraction of sp³-hybridized carbons (Fsp3) is 0.125. The van der Waals surface area contributed by atoms with Crippen molar-refractivity contribution in [3.63, 3.8) is 0 Å². The lowest BCUT2D eigenvalue weighted by Crippen LogP contribution is -2.28. The number of benzene rings is 1. The van der Waals surface area contributed by atoms with E-state index in [1.807, 2.05) is 0 Å². The number of hydrogen-bond acceptors (Lipinski definition) is 4. The Balaban J connectivity index is 3.20. The van der Waals surface area contributed by atoms with Crippen LogP contribution in [0.25, 0.3) is 0 Å². The van der Waals surface area contributed by atoms with Crippen LogP contribution in [0.4, 0.5) is 13.2 Å². The predicted octanol–water partition coefficient (Wildman–Crippen LogP) is 2.38. The minimum Gasteiger partial charge on any atom is -0.375 e. The molecule has 0 saturated carbocycles. The van der Waals surface area contributed by atoms with Crippen molar-refractivity contribution >= 4 is 28.0 Å². The summed E-state index contributed by atoms with van der Waals surface area (Å²) >= 11 is 5.44. The third kappa shape index (κ3) is 3.10. The maximum atomic E-state index is 12.0. The van der Waals surface area contributed by atoms with E-state index < -0.39 is 21.4 Å². The summed E-state index contributed by atoms with van der Waals surface area (Å²) in [4.78, 5) is 10.5. The molecule has 0 atom stereocenters. The summed E-state index contributed by atoms with van der Waals surface area (Å²) in [7, 11) is -5.82. The van der Waals surface area contributed by atoms with Crippen molar-refractivity contribution in [2.75, 3.05) is 0 Å². The van der Waals surface area contributed by atoms with Gasteiger partial charge in [0, 0.05) is 11.1 Å². The van der Waals surface area contributed by atoms with Crippen LogP contribution in [0.3, 0.4) is 0 Å². The molecule has 0 aliphatic carbocycles. The van der Waals surface area contributed by atoms with Gasteiger partial charge in [-0.3, -0.25) is 4.79 Å². The van der Waals surface area contributed by atoms with Crippen LogP contribution in [0.1, 0.15) is 10.4 Å². The highest BCUT2D eigenvalue weighted by molar-refractivity contribution is 7.88. The molecule has 1 aromatic carbocycles. The van der Waals surface area contributed by atoms with Crippen LogP contribution in [0.5, 0.6) is 5.75 Å². The number of carbonyl (C=O) groups is 1. The number of hydrogen-bond donors (Lipinski definition) is 0. The van der Waals surface area contributed by atoms with Gasteiger partial charge in [-0.2, -0.15) is 21.6 Å². The van der Waals surface area contributed by atoms with Crippen LogP contribution in [-0.2, 0) is 10.1 Å².